The van der Waals surface area contributed by atoms with Gasteiger partial charge in [-0.1, -0.05) is 48.5 Å². The highest BCUT2D eigenvalue weighted by molar-refractivity contribution is 6.00. The standard InChI is InChI=1S/C22H25N3O3/c26-20(12-11-17-7-3-1-4-8-17)23-13-14-24-22(28)18-15-21(27)25(16-18)19-9-5-2-6-10-19/h1-10,18H,11-16H2,(H,23,26)(H,24,28)/t18-/m0/s1. The van der Waals surface area contributed by atoms with Crippen molar-refractivity contribution in [2.45, 2.75) is 19.3 Å². The fourth-order valence-electron chi connectivity index (χ4n) is 3.26. The Hall–Kier alpha value is -3.15. The van der Waals surface area contributed by atoms with E-state index in [0.29, 0.717) is 32.5 Å². The number of anilines is 1. The zero-order valence-electron chi connectivity index (χ0n) is 15.8. The number of hydrogen-bond acceptors (Lipinski definition) is 3. The molecule has 2 N–H and O–H groups in total. The third-order valence-electron chi connectivity index (χ3n) is 4.79. The van der Waals surface area contributed by atoms with Gasteiger partial charge in [-0.15, -0.1) is 0 Å². The van der Waals surface area contributed by atoms with Crippen molar-refractivity contribution in [2.75, 3.05) is 24.5 Å². The minimum atomic E-state index is -0.360. The van der Waals surface area contributed by atoms with Crippen molar-refractivity contribution in [3.8, 4) is 0 Å². The van der Waals surface area contributed by atoms with Crippen LogP contribution in [0.3, 0.4) is 0 Å². The molecule has 146 valence electrons. The SMILES string of the molecule is O=C(CCc1ccccc1)NCCNC(=O)[C@H]1CC(=O)N(c2ccccc2)C1. The number of rotatable bonds is 8. The fraction of sp³-hybridized carbons (Fsp3) is 0.318. The number of nitrogens with one attached hydrogen (secondary N) is 2. The molecule has 1 saturated heterocycles. The molecule has 6 heteroatoms. The summed E-state index contributed by atoms with van der Waals surface area (Å²) < 4.78 is 0. The summed E-state index contributed by atoms with van der Waals surface area (Å²) in [6.45, 7) is 1.12. The Morgan fingerprint density at radius 2 is 1.57 bits per heavy atom. The number of amides is 3. The second-order valence-corrected chi connectivity index (χ2v) is 6.87. The van der Waals surface area contributed by atoms with Gasteiger partial charge in [-0.05, 0) is 24.1 Å². The third-order valence-corrected chi connectivity index (χ3v) is 4.79. The summed E-state index contributed by atoms with van der Waals surface area (Å²) in [6.07, 6.45) is 1.32. The second-order valence-electron chi connectivity index (χ2n) is 6.87. The van der Waals surface area contributed by atoms with Crippen molar-refractivity contribution in [1.82, 2.24) is 10.6 Å². The Kier molecular flexibility index (Phi) is 6.78. The molecule has 0 saturated carbocycles. The summed E-state index contributed by atoms with van der Waals surface area (Å²) in [7, 11) is 0. The van der Waals surface area contributed by atoms with Crippen molar-refractivity contribution < 1.29 is 14.4 Å². The van der Waals surface area contributed by atoms with Gasteiger partial charge in [0, 0.05) is 38.2 Å². The summed E-state index contributed by atoms with van der Waals surface area (Å²) in [6, 6.07) is 19.2. The average Bonchev–Trinajstić information content (AvgIpc) is 3.13. The topological polar surface area (TPSA) is 78.5 Å². The molecule has 0 unspecified atom stereocenters. The zero-order chi connectivity index (χ0) is 19.8. The van der Waals surface area contributed by atoms with Crippen LogP contribution in [0.4, 0.5) is 5.69 Å². The summed E-state index contributed by atoms with van der Waals surface area (Å²) in [5, 5.41) is 5.63. The number of nitrogens with zero attached hydrogens (tertiary/aromatic N) is 1. The molecule has 2 aromatic carbocycles. The van der Waals surface area contributed by atoms with Crippen LogP contribution in [0.15, 0.2) is 60.7 Å². The van der Waals surface area contributed by atoms with Gasteiger partial charge < -0.3 is 15.5 Å². The number of hydrogen-bond donors (Lipinski definition) is 2. The number of para-hydroxylation sites is 1. The first-order valence-electron chi connectivity index (χ1n) is 9.57. The van der Waals surface area contributed by atoms with Gasteiger partial charge in [0.25, 0.3) is 0 Å². The minimum absolute atomic E-state index is 0.0376. The molecule has 0 aliphatic carbocycles. The maximum Gasteiger partial charge on any atom is 0.227 e. The number of carbonyl (C=O) groups is 3. The molecule has 3 amide bonds. The summed E-state index contributed by atoms with van der Waals surface area (Å²) in [5.74, 6) is -0.586. The van der Waals surface area contributed by atoms with Gasteiger partial charge in [0.1, 0.15) is 0 Å². The smallest absolute Gasteiger partial charge is 0.227 e. The molecule has 0 radical (unpaired) electrons. The highest BCUT2D eigenvalue weighted by Gasteiger charge is 2.34. The molecular formula is C22H25N3O3. The van der Waals surface area contributed by atoms with E-state index in [1.54, 1.807) is 4.90 Å². The average molecular weight is 379 g/mol. The molecule has 2 aromatic rings. The monoisotopic (exact) mass is 379 g/mol. The molecule has 0 aromatic heterocycles. The minimum Gasteiger partial charge on any atom is -0.354 e. The van der Waals surface area contributed by atoms with E-state index in [4.69, 9.17) is 0 Å². The van der Waals surface area contributed by atoms with Gasteiger partial charge in [0.05, 0.1) is 5.92 Å². The van der Waals surface area contributed by atoms with Crippen LogP contribution in [-0.2, 0) is 20.8 Å². The van der Waals surface area contributed by atoms with Gasteiger partial charge in [0.15, 0.2) is 0 Å². The maximum atomic E-state index is 12.3. The van der Waals surface area contributed by atoms with Crippen LogP contribution in [0.2, 0.25) is 0 Å². The quantitative estimate of drug-likeness (QED) is 0.688. The first-order valence-corrected chi connectivity index (χ1v) is 9.57. The Labute approximate surface area is 164 Å². The lowest BCUT2D eigenvalue weighted by Crippen LogP contribution is -2.38. The molecule has 1 heterocycles. The van der Waals surface area contributed by atoms with Gasteiger partial charge >= 0.3 is 0 Å². The van der Waals surface area contributed by atoms with Crippen LogP contribution in [0.1, 0.15) is 18.4 Å². The third kappa shape index (κ3) is 5.42. The predicted octanol–water partition coefficient (Wildman–Crippen LogP) is 1.90. The lowest BCUT2D eigenvalue weighted by atomic mass is 10.1. The second kappa shape index (κ2) is 9.69. The lowest BCUT2D eigenvalue weighted by Gasteiger charge is -2.16. The van der Waals surface area contributed by atoms with E-state index in [9.17, 15) is 14.4 Å². The predicted molar refractivity (Wildman–Crippen MR) is 108 cm³/mol. The first-order chi connectivity index (χ1) is 13.6. The van der Waals surface area contributed by atoms with Crippen LogP contribution < -0.4 is 15.5 Å². The lowest BCUT2D eigenvalue weighted by molar-refractivity contribution is -0.126. The van der Waals surface area contributed by atoms with E-state index in [-0.39, 0.29) is 30.1 Å². The van der Waals surface area contributed by atoms with Gasteiger partial charge in [-0.3, -0.25) is 14.4 Å². The summed E-state index contributed by atoms with van der Waals surface area (Å²) >= 11 is 0. The fourth-order valence-corrected chi connectivity index (χ4v) is 3.26. The van der Waals surface area contributed by atoms with Crippen molar-refractivity contribution in [2.24, 2.45) is 5.92 Å². The van der Waals surface area contributed by atoms with Crippen LogP contribution >= 0.6 is 0 Å². The molecule has 28 heavy (non-hydrogen) atoms. The molecule has 1 atom stereocenters. The van der Waals surface area contributed by atoms with Crippen molar-refractivity contribution in [3.05, 3.63) is 66.2 Å². The van der Waals surface area contributed by atoms with E-state index in [2.05, 4.69) is 10.6 Å². The van der Waals surface area contributed by atoms with Crippen molar-refractivity contribution >= 4 is 23.4 Å². The summed E-state index contributed by atoms with van der Waals surface area (Å²) in [5.41, 5.74) is 1.94. The Morgan fingerprint density at radius 1 is 0.929 bits per heavy atom. The molecule has 1 aliphatic rings. The molecule has 3 rings (SSSR count). The Balaban J connectivity index is 1.34. The Bertz CT molecular complexity index is 808. The van der Waals surface area contributed by atoms with E-state index < -0.39 is 0 Å². The Morgan fingerprint density at radius 3 is 2.29 bits per heavy atom. The van der Waals surface area contributed by atoms with Crippen LogP contribution in [0.5, 0.6) is 0 Å². The molecule has 6 nitrogen and oxygen atoms in total. The number of carbonyl (C=O) groups excluding carboxylic acids is 3. The molecule has 0 spiro atoms. The number of benzene rings is 2. The normalized spacial score (nSPS) is 16.1. The number of aryl methyl sites for hydroxylation is 1. The van der Waals surface area contributed by atoms with E-state index in [1.165, 1.54) is 0 Å². The van der Waals surface area contributed by atoms with Crippen molar-refractivity contribution in [3.63, 3.8) is 0 Å². The summed E-state index contributed by atoms with van der Waals surface area (Å²) in [4.78, 5) is 38.0. The van der Waals surface area contributed by atoms with Gasteiger partial charge in [-0.25, -0.2) is 0 Å². The molecule has 0 bridgehead atoms. The van der Waals surface area contributed by atoms with Crippen LogP contribution in [0.25, 0.3) is 0 Å². The van der Waals surface area contributed by atoms with Crippen molar-refractivity contribution in [1.29, 1.82) is 0 Å². The van der Waals surface area contributed by atoms with Gasteiger partial charge in [-0.2, -0.15) is 0 Å². The molecule has 1 fully saturated rings. The van der Waals surface area contributed by atoms with Gasteiger partial charge in [0.2, 0.25) is 17.7 Å². The zero-order valence-corrected chi connectivity index (χ0v) is 15.8. The van der Waals surface area contributed by atoms with E-state index in [1.807, 2.05) is 60.7 Å². The molecular weight excluding hydrogens is 354 g/mol. The first kappa shape index (κ1) is 19.6. The highest BCUT2D eigenvalue weighted by Crippen LogP contribution is 2.24. The largest absolute Gasteiger partial charge is 0.354 e. The van der Waals surface area contributed by atoms with Crippen LogP contribution in [-0.4, -0.2) is 37.4 Å². The van der Waals surface area contributed by atoms with E-state index >= 15 is 0 Å². The molecule has 1 aliphatic heterocycles. The van der Waals surface area contributed by atoms with Crippen LogP contribution in [0, 0.1) is 5.92 Å². The highest BCUT2D eigenvalue weighted by atomic mass is 16.2. The van der Waals surface area contributed by atoms with E-state index in [0.717, 1.165) is 11.3 Å². The maximum absolute atomic E-state index is 12.3.